The van der Waals surface area contributed by atoms with Crippen LogP contribution in [0.4, 0.5) is 11.4 Å². The predicted molar refractivity (Wildman–Crippen MR) is 94.3 cm³/mol. The number of benzene rings is 1. The van der Waals surface area contributed by atoms with Crippen molar-refractivity contribution >= 4 is 11.4 Å². The summed E-state index contributed by atoms with van der Waals surface area (Å²) < 4.78 is 15.6. The van der Waals surface area contributed by atoms with Gasteiger partial charge in [0.1, 0.15) is 17.1 Å². The molecule has 0 spiro atoms. The molecule has 130 valence electrons. The Morgan fingerprint density at radius 3 is 2.20 bits per heavy atom. The molecule has 0 saturated heterocycles. The van der Waals surface area contributed by atoms with Gasteiger partial charge in [0, 0.05) is 6.54 Å². The van der Waals surface area contributed by atoms with Crippen LogP contribution in [0.1, 0.15) is 11.3 Å². The molecule has 25 heavy (non-hydrogen) atoms. The molecule has 0 saturated carbocycles. The van der Waals surface area contributed by atoms with Crippen LogP contribution in [0, 0.1) is 0 Å². The number of nitrogens with one attached hydrogen (secondary N) is 2. The van der Waals surface area contributed by atoms with Gasteiger partial charge in [-0.2, -0.15) is 0 Å². The molecule has 1 heterocycles. The van der Waals surface area contributed by atoms with Gasteiger partial charge in [-0.3, -0.25) is 9.59 Å². The van der Waals surface area contributed by atoms with E-state index in [2.05, 4.69) is 10.6 Å². The molecule has 0 radical (unpaired) electrons. The summed E-state index contributed by atoms with van der Waals surface area (Å²) in [5.74, 6) is 1.91. The van der Waals surface area contributed by atoms with Crippen molar-refractivity contribution in [1.29, 1.82) is 0 Å². The molecule has 7 heteroatoms. The molecule has 0 aliphatic rings. The first kappa shape index (κ1) is 16.6. The van der Waals surface area contributed by atoms with E-state index >= 15 is 0 Å². The molecule has 0 aliphatic carbocycles. The van der Waals surface area contributed by atoms with Crippen LogP contribution in [0.5, 0.6) is 11.5 Å². The van der Waals surface area contributed by atoms with E-state index < -0.39 is 10.9 Å². The van der Waals surface area contributed by atoms with Crippen molar-refractivity contribution in [2.45, 2.75) is 13.1 Å². The molecule has 1 aromatic heterocycles. The minimum atomic E-state index is -0.527. The van der Waals surface area contributed by atoms with Crippen LogP contribution in [0.3, 0.4) is 0 Å². The van der Waals surface area contributed by atoms with Gasteiger partial charge in [0.2, 0.25) is 0 Å². The van der Waals surface area contributed by atoms with Crippen LogP contribution in [0.15, 0.2) is 50.6 Å². The highest BCUT2D eigenvalue weighted by Crippen LogP contribution is 2.28. The Morgan fingerprint density at radius 2 is 1.60 bits per heavy atom. The summed E-state index contributed by atoms with van der Waals surface area (Å²) in [7, 11) is 3.12. The van der Waals surface area contributed by atoms with E-state index in [1.807, 2.05) is 12.1 Å². The summed E-state index contributed by atoms with van der Waals surface area (Å²) in [5.41, 5.74) is 0.402. The number of methoxy groups -OCH3 is 2. The Hall–Kier alpha value is -3.22. The van der Waals surface area contributed by atoms with Gasteiger partial charge in [-0.05, 0) is 29.8 Å². The first-order valence-corrected chi connectivity index (χ1v) is 7.68. The minimum absolute atomic E-state index is 0.280. The molecule has 0 aliphatic heterocycles. The fraction of sp³-hybridized carbons (Fsp3) is 0.222. The maximum atomic E-state index is 11.8. The molecule has 2 aromatic carbocycles. The van der Waals surface area contributed by atoms with Crippen LogP contribution in [-0.4, -0.2) is 14.2 Å². The predicted octanol–water partition coefficient (Wildman–Crippen LogP) is 2.12. The van der Waals surface area contributed by atoms with Gasteiger partial charge >= 0.3 is 0 Å². The molecule has 0 unspecified atom stereocenters. The fourth-order valence-corrected chi connectivity index (χ4v) is 2.50. The standard InChI is InChI=1S/C18H18N2O5/c1-23-13-6-5-11(8-14(13)24-2)9-19-15-16(18(22)17(15)21)20-10-12-4-3-7-25-12/h3-8,19-20H,9-10H2,1-2H3. The Labute approximate surface area is 143 Å². The lowest BCUT2D eigenvalue weighted by Gasteiger charge is -2.15. The highest BCUT2D eigenvalue weighted by molar-refractivity contribution is 5.74. The van der Waals surface area contributed by atoms with Gasteiger partial charge in [-0.15, -0.1) is 0 Å². The second-order valence-corrected chi connectivity index (χ2v) is 5.38. The third-order valence-electron chi connectivity index (χ3n) is 3.85. The van der Waals surface area contributed by atoms with Crippen LogP contribution in [0.25, 0.3) is 0 Å². The van der Waals surface area contributed by atoms with Crippen LogP contribution in [0.2, 0.25) is 0 Å². The maximum absolute atomic E-state index is 11.8. The topological polar surface area (TPSA) is 89.8 Å². The zero-order valence-corrected chi connectivity index (χ0v) is 13.9. The van der Waals surface area contributed by atoms with Crippen LogP contribution in [-0.2, 0) is 13.1 Å². The molecule has 7 nitrogen and oxygen atoms in total. The normalized spacial score (nSPS) is 10.6. The second-order valence-electron chi connectivity index (χ2n) is 5.38. The minimum Gasteiger partial charge on any atom is -0.493 e. The van der Waals surface area contributed by atoms with E-state index in [0.29, 0.717) is 30.3 Å². The van der Waals surface area contributed by atoms with E-state index in [1.165, 1.54) is 0 Å². The largest absolute Gasteiger partial charge is 0.493 e. The molecule has 2 N–H and O–H groups in total. The summed E-state index contributed by atoms with van der Waals surface area (Å²) in [4.78, 5) is 23.5. The fourth-order valence-electron chi connectivity index (χ4n) is 2.50. The lowest BCUT2D eigenvalue weighted by atomic mass is 10.1. The Kier molecular flexibility index (Phi) is 4.74. The van der Waals surface area contributed by atoms with Crippen molar-refractivity contribution in [3.05, 3.63) is 68.4 Å². The molecule has 0 amide bonds. The summed E-state index contributed by atoms with van der Waals surface area (Å²) in [5, 5.41) is 5.94. The molecule has 3 rings (SSSR count). The highest BCUT2D eigenvalue weighted by atomic mass is 16.5. The van der Waals surface area contributed by atoms with Crippen LogP contribution >= 0.6 is 0 Å². The smallest absolute Gasteiger partial charge is 0.253 e. The third-order valence-corrected chi connectivity index (χ3v) is 3.85. The van der Waals surface area contributed by atoms with E-state index in [-0.39, 0.29) is 11.4 Å². The van der Waals surface area contributed by atoms with Crippen molar-refractivity contribution < 1.29 is 13.9 Å². The Morgan fingerprint density at radius 1 is 0.920 bits per heavy atom. The zero-order valence-electron chi connectivity index (χ0n) is 13.9. The van der Waals surface area contributed by atoms with Gasteiger partial charge in [0.15, 0.2) is 11.5 Å². The van der Waals surface area contributed by atoms with Gasteiger partial charge in [0.25, 0.3) is 10.9 Å². The van der Waals surface area contributed by atoms with Crippen LogP contribution < -0.4 is 31.0 Å². The first-order chi connectivity index (χ1) is 12.1. The Balaban J connectivity index is 1.68. The van der Waals surface area contributed by atoms with E-state index in [0.717, 1.165) is 5.56 Å². The summed E-state index contributed by atoms with van der Waals surface area (Å²) >= 11 is 0. The lowest BCUT2D eigenvalue weighted by Crippen LogP contribution is -2.37. The number of rotatable bonds is 8. The molecular formula is C18H18N2O5. The maximum Gasteiger partial charge on any atom is 0.253 e. The number of hydrogen-bond acceptors (Lipinski definition) is 7. The number of furan rings is 1. The molecule has 0 fully saturated rings. The molecule has 3 aromatic rings. The van der Waals surface area contributed by atoms with Crippen molar-refractivity contribution in [2.75, 3.05) is 24.9 Å². The SMILES string of the molecule is COc1ccc(CNc2c(NCc3ccco3)c(=O)c2=O)cc1OC. The lowest BCUT2D eigenvalue weighted by molar-refractivity contribution is 0.354. The number of hydrogen-bond donors (Lipinski definition) is 2. The summed E-state index contributed by atoms with van der Waals surface area (Å²) in [6.07, 6.45) is 1.55. The average molecular weight is 342 g/mol. The second kappa shape index (κ2) is 7.12. The molecule has 0 atom stereocenters. The van der Waals surface area contributed by atoms with E-state index in [1.54, 1.807) is 38.7 Å². The summed E-state index contributed by atoms with van der Waals surface area (Å²) in [6.45, 7) is 0.712. The number of anilines is 2. The van der Waals surface area contributed by atoms with Gasteiger partial charge in [0.05, 0.1) is 27.0 Å². The van der Waals surface area contributed by atoms with E-state index in [9.17, 15) is 9.59 Å². The zero-order chi connectivity index (χ0) is 17.8. The van der Waals surface area contributed by atoms with Gasteiger partial charge in [-0.1, -0.05) is 6.07 Å². The number of ether oxygens (including phenoxy) is 2. The van der Waals surface area contributed by atoms with Crippen molar-refractivity contribution in [3.63, 3.8) is 0 Å². The Bertz CT molecular complexity index is 924. The van der Waals surface area contributed by atoms with Crippen molar-refractivity contribution in [1.82, 2.24) is 0 Å². The monoisotopic (exact) mass is 342 g/mol. The highest BCUT2D eigenvalue weighted by Gasteiger charge is 2.20. The first-order valence-electron chi connectivity index (χ1n) is 7.68. The van der Waals surface area contributed by atoms with Gasteiger partial charge in [-0.25, -0.2) is 0 Å². The molecule has 0 bridgehead atoms. The third kappa shape index (κ3) is 3.35. The average Bonchev–Trinajstić information content (AvgIpc) is 3.16. The van der Waals surface area contributed by atoms with E-state index in [4.69, 9.17) is 13.9 Å². The van der Waals surface area contributed by atoms with Gasteiger partial charge < -0.3 is 24.5 Å². The summed E-state index contributed by atoms with van der Waals surface area (Å²) in [6, 6.07) is 9.00. The molecular weight excluding hydrogens is 324 g/mol. The van der Waals surface area contributed by atoms with Crippen molar-refractivity contribution in [2.24, 2.45) is 0 Å². The quantitative estimate of drug-likeness (QED) is 0.606. The van der Waals surface area contributed by atoms with Crippen molar-refractivity contribution in [3.8, 4) is 11.5 Å².